The molecule has 0 fully saturated rings. The molecular weight excluding hydrogens is 284 g/mol. The second-order valence-corrected chi connectivity index (χ2v) is 4.24. The number of nitrogens with one attached hydrogen (secondary N) is 1. The van der Waals surface area contributed by atoms with Gasteiger partial charge in [-0.05, 0) is 12.1 Å². The second-order valence-electron chi connectivity index (χ2n) is 3.83. The number of aromatic carboxylic acids is 1. The number of aromatic amines is 1. The third-order valence-electron chi connectivity index (χ3n) is 2.60. The Morgan fingerprint density at radius 1 is 1.35 bits per heavy atom. The number of carbonyl (C=O) groups is 1. The van der Waals surface area contributed by atoms with Gasteiger partial charge in [-0.3, -0.25) is 0 Å². The zero-order valence-corrected chi connectivity index (χ0v) is 10.6. The summed E-state index contributed by atoms with van der Waals surface area (Å²) in [6.45, 7) is 0. The molecule has 8 heteroatoms. The van der Waals surface area contributed by atoms with Crippen LogP contribution in [0.2, 0.25) is 5.02 Å². The van der Waals surface area contributed by atoms with E-state index in [0.717, 1.165) is 0 Å². The summed E-state index contributed by atoms with van der Waals surface area (Å²) in [5.41, 5.74) is 0.572. The molecule has 0 unspecified atom stereocenters. The van der Waals surface area contributed by atoms with E-state index in [1.54, 1.807) is 24.3 Å². The van der Waals surface area contributed by atoms with Crippen LogP contribution in [0.15, 0.2) is 35.1 Å². The minimum Gasteiger partial charge on any atom is -0.476 e. The van der Waals surface area contributed by atoms with Crippen molar-refractivity contribution < 1.29 is 14.4 Å². The van der Waals surface area contributed by atoms with E-state index in [1.807, 2.05) is 0 Å². The first kappa shape index (κ1) is 12.4. The normalized spacial score (nSPS) is 10.7. The van der Waals surface area contributed by atoms with Crippen molar-refractivity contribution in [2.75, 3.05) is 0 Å². The molecule has 2 aromatic heterocycles. The Labute approximate surface area is 117 Å². The zero-order valence-electron chi connectivity index (χ0n) is 9.87. The van der Waals surface area contributed by atoms with Gasteiger partial charge in [0.2, 0.25) is 5.82 Å². The molecule has 2 heterocycles. The number of imidazole rings is 1. The molecule has 0 aliphatic rings. The molecule has 3 aromatic rings. The summed E-state index contributed by atoms with van der Waals surface area (Å²) in [5.74, 6) is -0.870. The van der Waals surface area contributed by atoms with Crippen LogP contribution >= 0.6 is 11.6 Å². The second kappa shape index (κ2) is 4.78. The lowest BCUT2D eigenvalue weighted by Gasteiger charge is -1.96. The van der Waals surface area contributed by atoms with Gasteiger partial charge >= 0.3 is 5.97 Å². The molecule has 100 valence electrons. The zero-order chi connectivity index (χ0) is 14.1. The molecule has 0 spiro atoms. The Morgan fingerprint density at radius 3 is 2.90 bits per heavy atom. The van der Waals surface area contributed by atoms with E-state index in [2.05, 4.69) is 20.1 Å². The number of benzene rings is 1. The van der Waals surface area contributed by atoms with Crippen LogP contribution in [-0.4, -0.2) is 31.2 Å². The van der Waals surface area contributed by atoms with Crippen LogP contribution in [0.1, 0.15) is 10.5 Å². The number of carboxylic acid groups (broad SMARTS) is 1. The topological polar surface area (TPSA) is 105 Å². The standard InChI is InChI=1S/C12H7ClN4O3/c13-7-4-2-1-3-6(7)10-16-11(20-17-10)8-9(12(18)19)15-5-14-8/h1-5H,(H,14,15)(H,18,19). The van der Waals surface area contributed by atoms with Crippen molar-refractivity contribution in [3.05, 3.63) is 41.3 Å². The van der Waals surface area contributed by atoms with E-state index in [4.69, 9.17) is 21.2 Å². The number of hydrogen-bond donors (Lipinski definition) is 2. The van der Waals surface area contributed by atoms with Crippen LogP contribution in [0.25, 0.3) is 23.0 Å². The highest BCUT2D eigenvalue weighted by Gasteiger charge is 2.21. The van der Waals surface area contributed by atoms with Crippen LogP contribution in [0, 0.1) is 0 Å². The third-order valence-corrected chi connectivity index (χ3v) is 2.93. The number of hydrogen-bond acceptors (Lipinski definition) is 5. The lowest BCUT2D eigenvalue weighted by atomic mass is 10.2. The average Bonchev–Trinajstić information content (AvgIpc) is 3.07. The summed E-state index contributed by atoms with van der Waals surface area (Å²) in [6, 6.07) is 7.01. The first-order valence-corrected chi connectivity index (χ1v) is 5.90. The summed E-state index contributed by atoms with van der Waals surface area (Å²) < 4.78 is 5.05. The number of halogens is 1. The first-order chi connectivity index (χ1) is 9.66. The van der Waals surface area contributed by atoms with Gasteiger partial charge in [0.15, 0.2) is 5.69 Å². The van der Waals surface area contributed by atoms with Crippen LogP contribution in [-0.2, 0) is 0 Å². The molecule has 0 saturated carbocycles. The number of carboxylic acids is 1. The summed E-state index contributed by atoms with van der Waals surface area (Å²) in [4.78, 5) is 21.5. The quantitative estimate of drug-likeness (QED) is 0.767. The number of rotatable bonds is 3. The fourth-order valence-electron chi connectivity index (χ4n) is 1.70. The van der Waals surface area contributed by atoms with Gasteiger partial charge in [-0.2, -0.15) is 4.98 Å². The van der Waals surface area contributed by atoms with Crippen LogP contribution < -0.4 is 0 Å². The molecule has 3 rings (SSSR count). The Morgan fingerprint density at radius 2 is 2.15 bits per heavy atom. The maximum Gasteiger partial charge on any atom is 0.356 e. The summed E-state index contributed by atoms with van der Waals surface area (Å²) in [6.07, 6.45) is 1.25. The lowest BCUT2D eigenvalue weighted by Crippen LogP contribution is -1.99. The van der Waals surface area contributed by atoms with Crippen molar-refractivity contribution >= 4 is 17.6 Å². The molecule has 7 nitrogen and oxygen atoms in total. The molecule has 2 N–H and O–H groups in total. The molecular formula is C12H7ClN4O3. The molecule has 0 saturated heterocycles. The molecule has 0 radical (unpaired) electrons. The fraction of sp³-hybridized carbons (Fsp3) is 0. The van der Waals surface area contributed by atoms with E-state index in [-0.39, 0.29) is 23.1 Å². The van der Waals surface area contributed by atoms with Gasteiger partial charge in [0.1, 0.15) is 5.69 Å². The Bertz CT molecular complexity index is 780. The van der Waals surface area contributed by atoms with Gasteiger partial charge < -0.3 is 14.6 Å². The van der Waals surface area contributed by atoms with Gasteiger partial charge in [-0.15, -0.1) is 0 Å². The molecule has 0 aliphatic heterocycles. The highest BCUT2D eigenvalue weighted by atomic mass is 35.5. The average molecular weight is 291 g/mol. The van der Waals surface area contributed by atoms with Crippen molar-refractivity contribution in [2.45, 2.75) is 0 Å². The first-order valence-electron chi connectivity index (χ1n) is 5.52. The van der Waals surface area contributed by atoms with E-state index < -0.39 is 5.97 Å². The minimum absolute atomic E-state index is 0.0369. The Kier molecular flexibility index (Phi) is 2.96. The Balaban J connectivity index is 2.05. The van der Waals surface area contributed by atoms with Crippen LogP contribution in [0.4, 0.5) is 0 Å². The van der Waals surface area contributed by atoms with Crippen molar-refractivity contribution in [1.29, 1.82) is 0 Å². The summed E-state index contributed by atoms with van der Waals surface area (Å²) in [5, 5.41) is 13.3. The molecule has 0 aliphatic carbocycles. The van der Waals surface area contributed by atoms with Crippen molar-refractivity contribution in [3.8, 4) is 23.0 Å². The molecule has 0 atom stereocenters. The maximum absolute atomic E-state index is 11.0. The van der Waals surface area contributed by atoms with Crippen LogP contribution in [0.3, 0.4) is 0 Å². The molecule has 20 heavy (non-hydrogen) atoms. The molecule has 1 aromatic carbocycles. The molecule has 0 amide bonds. The van der Waals surface area contributed by atoms with Crippen molar-refractivity contribution in [3.63, 3.8) is 0 Å². The molecule has 0 bridgehead atoms. The summed E-state index contributed by atoms with van der Waals surface area (Å²) in [7, 11) is 0. The van der Waals surface area contributed by atoms with Gasteiger partial charge in [0, 0.05) is 5.56 Å². The van der Waals surface area contributed by atoms with E-state index in [0.29, 0.717) is 10.6 Å². The van der Waals surface area contributed by atoms with E-state index in [1.165, 1.54) is 6.33 Å². The van der Waals surface area contributed by atoms with Crippen molar-refractivity contribution in [1.82, 2.24) is 20.1 Å². The lowest BCUT2D eigenvalue weighted by molar-refractivity contribution is 0.0691. The van der Waals surface area contributed by atoms with Gasteiger partial charge in [0.25, 0.3) is 5.89 Å². The van der Waals surface area contributed by atoms with Gasteiger partial charge in [0.05, 0.1) is 11.3 Å². The highest BCUT2D eigenvalue weighted by Crippen LogP contribution is 2.27. The monoisotopic (exact) mass is 290 g/mol. The predicted molar refractivity (Wildman–Crippen MR) is 69.3 cm³/mol. The van der Waals surface area contributed by atoms with Gasteiger partial charge in [-0.25, -0.2) is 9.78 Å². The predicted octanol–water partition coefficient (Wildman–Crippen LogP) is 2.48. The Hall–Kier alpha value is -2.67. The van der Waals surface area contributed by atoms with E-state index in [9.17, 15) is 4.79 Å². The number of H-pyrrole nitrogens is 1. The SMILES string of the molecule is O=C(O)c1nc[nH]c1-c1nc(-c2ccccc2Cl)no1. The third kappa shape index (κ3) is 2.04. The van der Waals surface area contributed by atoms with Crippen LogP contribution in [0.5, 0.6) is 0 Å². The smallest absolute Gasteiger partial charge is 0.356 e. The largest absolute Gasteiger partial charge is 0.476 e. The van der Waals surface area contributed by atoms with Gasteiger partial charge in [-0.1, -0.05) is 28.9 Å². The number of nitrogens with zero attached hydrogens (tertiary/aromatic N) is 3. The number of aromatic nitrogens is 4. The van der Waals surface area contributed by atoms with E-state index >= 15 is 0 Å². The minimum atomic E-state index is -1.18. The fourth-order valence-corrected chi connectivity index (χ4v) is 1.92. The maximum atomic E-state index is 11.0. The highest BCUT2D eigenvalue weighted by molar-refractivity contribution is 6.33. The summed E-state index contributed by atoms with van der Waals surface area (Å²) >= 11 is 6.04. The van der Waals surface area contributed by atoms with Crippen molar-refractivity contribution in [2.24, 2.45) is 0 Å².